The molecule has 1 aromatic carbocycles. The van der Waals surface area contributed by atoms with Gasteiger partial charge in [0.05, 0.1) is 29.9 Å². The Hall–Kier alpha value is -1.88. The van der Waals surface area contributed by atoms with E-state index in [2.05, 4.69) is 4.98 Å². The number of rotatable bonds is 3. The summed E-state index contributed by atoms with van der Waals surface area (Å²) in [6.45, 7) is 0. The predicted molar refractivity (Wildman–Crippen MR) is 57.9 cm³/mol. The molecule has 0 bridgehead atoms. The number of hydrogen-bond donors (Lipinski definition) is 2. The van der Waals surface area contributed by atoms with Crippen LogP contribution in [0.1, 0.15) is 18.1 Å². The lowest BCUT2D eigenvalue weighted by Gasteiger charge is -2.07. The zero-order valence-electron chi connectivity index (χ0n) is 8.79. The van der Waals surface area contributed by atoms with Crippen LogP contribution in [0, 0.1) is 0 Å². The summed E-state index contributed by atoms with van der Waals surface area (Å²) < 4.78 is 1.86. The highest BCUT2D eigenvalue weighted by Crippen LogP contribution is 2.21. The van der Waals surface area contributed by atoms with Crippen LogP contribution < -0.4 is 0 Å². The fourth-order valence-electron chi connectivity index (χ4n) is 1.64. The van der Waals surface area contributed by atoms with Crippen molar-refractivity contribution in [3.05, 3.63) is 30.1 Å². The van der Waals surface area contributed by atoms with Gasteiger partial charge in [-0.05, 0) is 17.7 Å². The number of carboxylic acids is 1. The summed E-state index contributed by atoms with van der Waals surface area (Å²) in [6, 6.07) is 5.25. The molecule has 0 radical (unpaired) electrons. The van der Waals surface area contributed by atoms with Crippen molar-refractivity contribution < 1.29 is 15.0 Å². The summed E-state index contributed by atoms with van der Waals surface area (Å²) in [5, 5.41) is 18.2. The number of benzene rings is 1. The average molecular weight is 220 g/mol. The van der Waals surface area contributed by atoms with E-state index in [4.69, 9.17) is 5.11 Å². The maximum absolute atomic E-state index is 10.5. The molecule has 5 nitrogen and oxygen atoms in total. The van der Waals surface area contributed by atoms with Gasteiger partial charge in [-0.1, -0.05) is 6.07 Å². The first-order valence-corrected chi connectivity index (χ1v) is 4.89. The Bertz CT molecular complexity index is 533. The predicted octanol–water partition coefficient (Wildman–Crippen LogP) is 1.08. The molecule has 0 fully saturated rings. The second kappa shape index (κ2) is 3.94. The first kappa shape index (κ1) is 10.6. The summed E-state index contributed by atoms with van der Waals surface area (Å²) in [5.41, 5.74) is 2.28. The largest absolute Gasteiger partial charge is 0.481 e. The van der Waals surface area contributed by atoms with Gasteiger partial charge in [0.2, 0.25) is 0 Å². The monoisotopic (exact) mass is 220 g/mol. The Labute approximate surface area is 92.0 Å². The van der Waals surface area contributed by atoms with Gasteiger partial charge in [-0.15, -0.1) is 0 Å². The Morgan fingerprint density at radius 3 is 3.00 bits per heavy atom. The molecule has 1 unspecified atom stereocenters. The van der Waals surface area contributed by atoms with E-state index in [9.17, 15) is 9.90 Å². The van der Waals surface area contributed by atoms with Crippen LogP contribution in [0.25, 0.3) is 11.0 Å². The van der Waals surface area contributed by atoms with Crippen molar-refractivity contribution in [1.82, 2.24) is 9.55 Å². The summed E-state index contributed by atoms with van der Waals surface area (Å²) in [7, 11) is 1.88. The number of aryl methyl sites for hydroxylation is 1. The summed E-state index contributed by atoms with van der Waals surface area (Å²) in [4.78, 5) is 14.6. The van der Waals surface area contributed by atoms with Gasteiger partial charge in [0.1, 0.15) is 0 Å². The second-order valence-corrected chi connectivity index (χ2v) is 3.72. The molecular formula is C11H12N2O3. The van der Waals surface area contributed by atoms with Gasteiger partial charge in [0.25, 0.3) is 0 Å². The number of imidazole rings is 1. The molecular weight excluding hydrogens is 208 g/mol. The zero-order chi connectivity index (χ0) is 11.7. The molecule has 0 aliphatic carbocycles. The number of aliphatic hydroxyl groups is 1. The summed E-state index contributed by atoms with van der Waals surface area (Å²) in [6.07, 6.45) is 0.403. The Kier molecular flexibility index (Phi) is 2.62. The maximum Gasteiger partial charge on any atom is 0.306 e. The van der Waals surface area contributed by atoms with Crippen LogP contribution in [0.15, 0.2) is 24.5 Å². The van der Waals surface area contributed by atoms with E-state index in [1.165, 1.54) is 0 Å². The zero-order valence-corrected chi connectivity index (χ0v) is 8.79. The lowest BCUT2D eigenvalue weighted by Crippen LogP contribution is -2.05. The second-order valence-electron chi connectivity index (χ2n) is 3.72. The molecule has 0 saturated heterocycles. The van der Waals surface area contributed by atoms with Crippen molar-refractivity contribution in [3.8, 4) is 0 Å². The van der Waals surface area contributed by atoms with Gasteiger partial charge < -0.3 is 14.8 Å². The fourth-order valence-corrected chi connectivity index (χ4v) is 1.64. The van der Waals surface area contributed by atoms with Crippen LogP contribution in [0.5, 0.6) is 0 Å². The third-order valence-electron chi connectivity index (χ3n) is 2.50. The molecule has 0 aliphatic heterocycles. The number of aromatic nitrogens is 2. The van der Waals surface area contributed by atoms with Crippen molar-refractivity contribution in [3.63, 3.8) is 0 Å². The highest BCUT2D eigenvalue weighted by molar-refractivity contribution is 5.76. The minimum absolute atomic E-state index is 0.293. The molecule has 0 amide bonds. The molecule has 1 heterocycles. The van der Waals surface area contributed by atoms with Crippen molar-refractivity contribution in [2.24, 2.45) is 7.05 Å². The molecule has 0 aliphatic rings. The molecule has 0 saturated carbocycles. The molecule has 2 aromatic rings. The van der Waals surface area contributed by atoms with Gasteiger partial charge in [-0.2, -0.15) is 0 Å². The fraction of sp³-hybridized carbons (Fsp3) is 0.273. The third kappa shape index (κ3) is 1.90. The standard InChI is InChI=1S/C11H12N2O3/c1-13-6-12-8-4-7(2-3-9(8)13)10(14)5-11(15)16/h2-4,6,10,14H,5H2,1H3,(H,15,16). The SMILES string of the molecule is Cn1cnc2cc(C(O)CC(=O)O)ccc21. The van der Waals surface area contributed by atoms with Gasteiger partial charge in [-0.25, -0.2) is 4.98 Å². The van der Waals surface area contributed by atoms with Crippen molar-refractivity contribution in [1.29, 1.82) is 0 Å². The molecule has 0 spiro atoms. The topological polar surface area (TPSA) is 75.3 Å². The van der Waals surface area contributed by atoms with E-state index in [1.807, 2.05) is 17.7 Å². The normalized spacial score (nSPS) is 12.9. The smallest absolute Gasteiger partial charge is 0.306 e. The van der Waals surface area contributed by atoms with E-state index < -0.39 is 12.1 Å². The van der Waals surface area contributed by atoms with Crippen LogP contribution in [-0.2, 0) is 11.8 Å². The first-order chi connectivity index (χ1) is 7.58. The number of fused-ring (bicyclic) bond motifs is 1. The minimum atomic E-state index is -1.02. The van der Waals surface area contributed by atoms with Crippen LogP contribution in [0.4, 0.5) is 0 Å². The van der Waals surface area contributed by atoms with Crippen LogP contribution in [-0.4, -0.2) is 25.7 Å². The molecule has 1 atom stereocenters. The van der Waals surface area contributed by atoms with Crippen LogP contribution in [0.3, 0.4) is 0 Å². The number of hydrogen-bond acceptors (Lipinski definition) is 3. The number of carboxylic acid groups (broad SMARTS) is 1. The van der Waals surface area contributed by atoms with Gasteiger partial charge >= 0.3 is 5.97 Å². The molecule has 1 aromatic heterocycles. The first-order valence-electron chi connectivity index (χ1n) is 4.89. The Morgan fingerprint density at radius 1 is 1.56 bits per heavy atom. The van der Waals surface area contributed by atoms with Crippen molar-refractivity contribution in [2.75, 3.05) is 0 Å². The molecule has 2 N–H and O–H groups in total. The minimum Gasteiger partial charge on any atom is -0.481 e. The van der Waals surface area contributed by atoms with Gasteiger partial charge in [-0.3, -0.25) is 4.79 Å². The van der Waals surface area contributed by atoms with E-state index >= 15 is 0 Å². The van der Waals surface area contributed by atoms with Crippen molar-refractivity contribution in [2.45, 2.75) is 12.5 Å². The van der Waals surface area contributed by atoms with E-state index in [0.29, 0.717) is 5.56 Å². The van der Waals surface area contributed by atoms with Gasteiger partial charge in [0.15, 0.2) is 0 Å². The lowest BCUT2D eigenvalue weighted by atomic mass is 10.1. The quantitative estimate of drug-likeness (QED) is 0.811. The Morgan fingerprint density at radius 2 is 2.31 bits per heavy atom. The number of aliphatic carboxylic acids is 1. The Balaban J connectivity index is 2.35. The maximum atomic E-state index is 10.5. The number of nitrogens with zero attached hydrogens (tertiary/aromatic N) is 2. The molecule has 2 rings (SSSR count). The molecule has 5 heteroatoms. The van der Waals surface area contributed by atoms with Crippen LogP contribution >= 0.6 is 0 Å². The van der Waals surface area contributed by atoms with Crippen molar-refractivity contribution >= 4 is 17.0 Å². The number of carbonyl (C=O) groups is 1. The number of aliphatic hydroxyl groups excluding tert-OH is 1. The molecule has 16 heavy (non-hydrogen) atoms. The summed E-state index contributed by atoms with van der Waals surface area (Å²) in [5.74, 6) is -1.02. The van der Waals surface area contributed by atoms with Crippen LogP contribution in [0.2, 0.25) is 0 Å². The average Bonchev–Trinajstić information content (AvgIpc) is 2.59. The van der Waals surface area contributed by atoms with E-state index in [-0.39, 0.29) is 6.42 Å². The lowest BCUT2D eigenvalue weighted by molar-refractivity contribution is -0.139. The molecule has 84 valence electrons. The highest BCUT2D eigenvalue weighted by atomic mass is 16.4. The third-order valence-corrected chi connectivity index (χ3v) is 2.50. The van der Waals surface area contributed by atoms with E-state index in [1.54, 1.807) is 18.5 Å². The summed E-state index contributed by atoms with van der Waals surface area (Å²) >= 11 is 0. The highest BCUT2D eigenvalue weighted by Gasteiger charge is 2.13. The van der Waals surface area contributed by atoms with Gasteiger partial charge in [0, 0.05) is 7.05 Å². The van der Waals surface area contributed by atoms with E-state index in [0.717, 1.165) is 11.0 Å².